The molecule has 0 aromatic heterocycles. The third-order valence-corrected chi connectivity index (χ3v) is 4.91. The standard InChI is InChI=1S/C17H35N3O2/c1-4-7-20(16(5-2)18-8-12-21-13-9-18)17(6-3)19-10-14-22-15-11-19/h16-17H,4-15H2,1-3H3. The largest absolute Gasteiger partial charge is 0.379 e. The van der Waals surface area contributed by atoms with Gasteiger partial charge in [0.1, 0.15) is 0 Å². The van der Waals surface area contributed by atoms with Crippen LogP contribution in [0, 0.1) is 0 Å². The first-order chi connectivity index (χ1) is 10.8. The van der Waals surface area contributed by atoms with E-state index in [-0.39, 0.29) is 0 Å². The minimum absolute atomic E-state index is 0.539. The molecule has 22 heavy (non-hydrogen) atoms. The van der Waals surface area contributed by atoms with Gasteiger partial charge >= 0.3 is 0 Å². The molecule has 5 heteroatoms. The van der Waals surface area contributed by atoms with Crippen LogP contribution in [0.15, 0.2) is 0 Å². The zero-order chi connectivity index (χ0) is 15.8. The molecular weight excluding hydrogens is 278 g/mol. The Kier molecular flexibility index (Phi) is 8.11. The summed E-state index contributed by atoms with van der Waals surface area (Å²) in [6, 6.07) is 0. The molecular formula is C17H35N3O2. The third-order valence-electron chi connectivity index (χ3n) is 4.91. The van der Waals surface area contributed by atoms with Crippen molar-refractivity contribution in [1.82, 2.24) is 14.7 Å². The van der Waals surface area contributed by atoms with Crippen molar-refractivity contribution >= 4 is 0 Å². The Balaban J connectivity index is 2.09. The van der Waals surface area contributed by atoms with Crippen molar-refractivity contribution in [2.45, 2.75) is 52.4 Å². The van der Waals surface area contributed by atoms with Crippen LogP contribution in [0.25, 0.3) is 0 Å². The van der Waals surface area contributed by atoms with E-state index in [1.54, 1.807) is 0 Å². The van der Waals surface area contributed by atoms with E-state index in [2.05, 4.69) is 35.5 Å². The molecule has 2 atom stereocenters. The summed E-state index contributed by atoms with van der Waals surface area (Å²) in [5.74, 6) is 0. The van der Waals surface area contributed by atoms with E-state index < -0.39 is 0 Å². The van der Waals surface area contributed by atoms with Gasteiger partial charge in [0, 0.05) is 32.7 Å². The Labute approximate surface area is 136 Å². The molecule has 5 nitrogen and oxygen atoms in total. The Hall–Kier alpha value is -0.200. The van der Waals surface area contributed by atoms with Gasteiger partial charge in [0.2, 0.25) is 0 Å². The number of nitrogens with zero attached hydrogens (tertiary/aromatic N) is 3. The number of rotatable bonds is 8. The number of ether oxygens (including phenoxy) is 2. The van der Waals surface area contributed by atoms with Crippen LogP contribution in [-0.2, 0) is 9.47 Å². The van der Waals surface area contributed by atoms with Gasteiger partial charge in [0.25, 0.3) is 0 Å². The lowest BCUT2D eigenvalue weighted by Crippen LogP contribution is -2.60. The maximum absolute atomic E-state index is 5.55. The van der Waals surface area contributed by atoms with Gasteiger partial charge in [-0.25, -0.2) is 0 Å². The molecule has 0 amide bonds. The highest BCUT2D eigenvalue weighted by Gasteiger charge is 2.32. The molecule has 2 saturated heterocycles. The molecule has 2 aliphatic heterocycles. The summed E-state index contributed by atoms with van der Waals surface area (Å²) < 4.78 is 11.1. The van der Waals surface area contributed by atoms with Crippen LogP contribution >= 0.6 is 0 Å². The molecule has 2 unspecified atom stereocenters. The first kappa shape index (κ1) is 18.1. The molecule has 2 heterocycles. The van der Waals surface area contributed by atoms with Gasteiger partial charge in [0.15, 0.2) is 0 Å². The SMILES string of the molecule is CCCN(C(CC)N1CCOCC1)C(CC)N1CCOCC1. The molecule has 0 aromatic rings. The van der Waals surface area contributed by atoms with E-state index >= 15 is 0 Å². The lowest BCUT2D eigenvalue weighted by atomic mass is 10.1. The van der Waals surface area contributed by atoms with Crippen LogP contribution in [0.3, 0.4) is 0 Å². The van der Waals surface area contributed by atoms with Crippen molar-refractivity contribution in [2.24, 2.45) is 0 Å². The molecule has 0 aromatic carbocycles. The summed E-state index contributed by atoms with van der Waals surface area (Å²) in [5, 5.41) is 0. The van der Waals surface area contributed by atoms with Gasteiger partial charge in [0.05, 0.1) is 38.8 Å². The third kappa shape index (κ3) is 4.65. The minimum atomic E-state index is 0.539. The topological polar surface area (TPSA) is 28.2 Å². The fourth-order valence-corrected chi connectivity index (χ4v) is 3.91. The summed E-state index contributed by atoms with van der Waals surface area (Å²) in [6.45, 7) is 15.9. The Morgan fingerprint density at radius 1 is 0.773 bits per heavy atom. The van der Waals surface area contributed by atoms with E-state index in [0.29, 0.717) is 12.3 Å². The number of hydrogen-bond donors (Lipinski definition) is 0. The predicted molar refractivity (Wildman–Crippen MR) is 89.9 cm³/mol. The van der Waals surface area contributed by atoms with Gasteiger partial charge < -0.3 is 9.47 Å². The van der Waals surface area contributed by atoms with Crippen molar-refractivity contribution in [3.05, 3.63) is 0 Å². The zero-order valence-electron chi connectivity index (χ0n) is 14.8. The second-order valence-electron chi connectivity index (χ2n) is 6.31. The maximum atomic E-state index is 5.55. The quantitative estimate of drug-likeness (QED) is 0.682. The van der Waals surface area contributed by atoms with Crippen molar-refractivity contribution in [1.29, 1.82) is 0 Å². The summed E-state index contributed by atoms with van der Waals surface area (Å²) in [7, 11) is 0. The van der Waals surface area contributed by atoms with Gasteiger partial charge in [-0.15, -0.1) is 0 Å². The van der Waals surface area contributed by atoms with E-state index in [9.17, 15) is 0 Å². The second kappa shape index (κ2) is 9.83. The highest BCUT2D eigenvalue weighted by molar-refractivity contribution is 4.81. The summed E-state index contributed by atoms with van der Waals surface area (Å²) in [4.78, 5) is 8.00. The molecule has 0 saturated carbocycles. The lowest BCUT2D eigenvalue weighted by molar-refractivity contribution is -0.0989. The number of morpholine rings is 2. The van der Waals surface area contributed by atoms with Crippen LogP contribution in [0.2, 0.25) is 0 Å². The molecule has 0 aliphatic carbocycles. The highest BCUT2D eigenvalue weighted by atomic mass is 16.5. The molecule has 2 rings (SSSR count). The maximum Gasteiger partial charge on any atom is 0.0634 e. The molecule has 2 aliphatic rings. The van der Waals surface area contributed by atoms with Crippen LogP contribution in [0.4, 0.5) is 0 Å². The lowest BCUT2D eigenvalue weighted by Gasteiger charge is -2.48. The van der Waals surface area contributed by atoms with E-state index in [1.807, 2.05) is 0 Å². The Bertz CT molecular complexity index is 266. The molecule has 2 fully saturated rings. The van der Waals surface area contributed by atoms with E-state index in [4.69, 9.17) is 9.47 Å². The summed E-state index contributed by atoms with van der Waals surface area (Å²) in [6.07, 6.45) is 4.65. The first-order valence-electron chi connectivity index (χ1n) is 9.21. The average molecular weight is 313 g/mol. The van der Waals surface area contributed by atoms with Gasteiger partial charge in [-0.2, -0.15) is 0 Å². The summed E-state index contributed by atoms with van der Waals surface area (Å²) in [5.41, 5.74) is 0. The van der Waals surface area contributed by atoms with Crippen molar-refractivity contribution < 1.29 is 9.47 Å². The summed E-state index contributed by atoms with van der Waals surface area (Å²) >= 11 is 0. The first-order valence-corrected chi connectivity index (χ1v) is 9.21. The van der Waals surface area contributed by atoms with Crippen molar-refractivity contribution in [3.8, 4) is 0 Å². The van der Waals surface area contributed by atoms with Crippen molar-refractivity contribution in [2.75, 3.05) is 59.2 Å². The van der Waals surface area contributed by atoms with Crippen molar-refractivity contribution in [3.63, 3.8) is 0 Å². The normalized spacial score (nSPS) is 24.5. The average Bonchev–Trinajstić information content (AvgIpc) is 2.58. The van der Waals surface area contributed by atoms with Crippen LogP contribution in [-0.4, -0.2) is 86.2 Å². The fraction of sp³-hybridized carbons (Fsp3) is 1.00. The molecule has 0 bridgehead atoms. The van der Waals surface area contributed by atoms with Gasteiger partial charge in [-0.3, -0.25) is 14.7 Å². The molecule has 130 valence electrons. The Morgan fingerprint density at radius 2 is 1.18 bits per heavy atom. The molecule has 0 radical (unpaired) electrons. The van der Waals surface area contributed by atoms with E-state index in [0.717, 1.165) is 52.6 Å². The van der Waals surface area contributed by atoms with Crippen LogP contribution in [0.5, 0.6) is 0 Å². The smallest absolute Gasteiger partial charge is 0.0634 e. The predicted octanol–water partition coefficient (Wildman–Crippen LogP) is 1.84. The highest BCUT2D eigenvalue weighted by Crippen LogP contribution is 2.21. The number of hydrogen-bond acceptors (Lipinski definition) is 5. The van der Waals surface area contributed by atoms with Crippen LogP contribution < -0.4 is 0 Å². The fourth-order valence-electron chi connectivity index (χ4n) is 3.91. The van der Waals surface area contributed by atoms with E-state index in [1.165, 1.54) is 25.8 Å². The monoisotopic (exact) mass is 313 g/mol. The Morgan fingerprint density at radius 3 is 1.50 bits per heavy atom. The van der Waals surface area contributed by atoms with Gasteiger partial charge in [-0.1, -0.05) is 20.8 Å². The van der Waals surface area contributed by atoms with Gasteiger partial charge in [-0.05, 0) is 19.3 Å². The molecule has 0 N–H and O–H groups in total. The molecule has 0 spiro atoms. The second-order valence-corrected chi connectivity index (χ2v) is 6.31. The minimum Gasteiger partial charge on any atom is -0.379 e. The zero-order valence-corrected chi connectivity index (χ0v) is 14.8. The van der Waals surface area contributed by atoms with Crippen LogP contribution in [0.1, 0.15) is 40.0 Å².